The molecule has 1 aliphatic rings. The number of esters is 1. The minimum atomic E-state index is -0.967. The number of thiazole rings is 1. The van der Waals surface area contributed by atoms with Crippen molar-refractivity contribution in [2.45, 2.75) is 19.9 Å². The summed E-state index contributed by atoms with van der Waals surface area (Å²) in [5, 5.41) is 11.7. The van der Waals surface area contributed by atoms with Gasteiger partial charge in [0, 0.05) is 5.56 Å². The molecule has 9 heteroatoms. The predicted octanol–water partition coefficient (Wildman–Crippen LogP) is 5.33. The summed E-state index contributed by atoms with van der Waals surface area (Å²) in [6.45, 7) is 3.78. The lowest BCUT2D eigenvalue weighted by Crippen LogP contribution is -2.29. The lowest BCUT2D eigenvalue weighted by molar-refractivity contribution is -0.132. The average Bonchev–Trinajstić information content (AvgIpc) is 3.45. The molecule has 1 amide bonds. The van der Waals surface area contributed by atoms with Crippen LogP contribution in [0.4, 0.5) is 5.13 Å². The van der Waals surface area contributed by atoms with E-state index in [1.54, 1.807) is 49.6 Å². The van der Waals surface area contributed by atoms with E-state index in [0.29, 0.717) is 33.1 Å². The lowest BCUT2D eigenvalue weighted by atomic mass is 9.94. The van der Waals surface area contributed by atoms with E-state index in [2.05, 4.69) is 4.98 Å². The van der Waals surface area contributed by atoms with Crippen LogP contribution in [-0.2, 0) is 14.3 Å². The van der Waals surface area contributed by atoms with Crippen LogP contribution in [0.3, 0.4) is 0 Å². The number of carbonyl (C=O) groups is 3. The molecule has 1 atom stereocenters. The van der Waals surface area contributed by atoms with Gasteiger partial charge in [-0.25, -0.2) is 9.78 Å². The van der Waals surface area contributed by atoms with E-state index in [4.69, 9.17) is 9.47 Å². The van der Waals surface area contributed by atoms with Gasteiger partial charge in [0.25, 0.3) is 5.78 Å². The second-order valence-corrected chi connectivity index (χ2v) is 9.94. The molecule has 0 bridgehead atoms. The van der Waals surface area contributed by atoms with E-state index in [1.807, 2.05) is 32.0 Å². The zero-order valence-electron chi connectivity index (χ0n) is 21.1. The molecule has 38 heavy (non-hydrogen) atoms. The Balaban J connectivity index is 1.71. The number of ether oxygens (including phenoxy) is 2. The molecular formula is C29H24N2O6S. The number of fused-ring (bicyclic) bond motifs is 1. The molecule has 0 saturated carbocycles. The molecule has 1 aromatic heterocycles. The van der Waals surface area contributed by atoms with Gasteiger partial charge in [-0.15, -0.1) is 0 Å². The van der Waals surface area contributed by atoms with Crippen molar-refractivity contribution in [2.24, 2.45) is 0 Å². The summed E-state index contributed by atoms with van der Waals surface area (Å²) in [6.07, 6.45) is 0. The third-order valence-electron chi connectivity index (χ3n) is 6.50. The van der Waals surface area contributed by atoms with Crippen LogP contribution in [0.1, 0.15) is 38.7 Å². The van der Waals surface area contributed by atoms with Gasteiger partial charge in [-0.2, -0.15) is 0 Å². The number of aliphatic hydroxyl groups is 1. The fourth-order valence-electron chi connectivity index (χ4n) is 4.57. The second kappa shape index (κ2) is 9.75. The van der Waals surface area contributed by atoms with Gasteiger partial charge in [-0.1, -0.05) is 29.5 Å². The van der Waals surface area contributed by atoms with Gasteiger partial charge in [0.1, 0.15) is 11.5 Å². The molecule has 1 saturated heterocycles. The van der Waals surface area contributed by atoms with E-state index >= 15 is 0 Å². The smallest absolute Gasteiger partial charge is 0.337 e. The quantitative estimate of drug-likeness (QED) is 0.161. The third kappa shape index (κ3) is 4.20. The fourth-order valence-corrected chi connectivity index (χ4v) is 5.66. The van der Waals surface area contributed by atoms with Gasteiger partial charge >= 0.3 is 11.9 Å². The minimum absolute atomic E-state index is 0.0687. The first kappa shape index (κ1) is 25.2. The van der Waals surface area contributed by atoms with E-state index < -0.39 is 23.7 Å². The van der Waals surface area contributed by atoms with Crippen molar-refractivity contribution >= 4 is 50.1 Å². The molecule has 2 heterocycles. The molecule has 1 fully saturated rings. The summed E-state index contributed by atoms with van der Waals surface area (Å²) in [6, 6.07) is 16.2. The summed E-state index contributed by atoms with van der Waals surface area (Å²) >= 11 is 1.29. The molecule has 1 aliphatic heterocycles. The van der Waals surface area contributed by atoms with Crippen LogP contribution < -0.4 is 9.64 Å². The lowest BCUT2D eigenvalue weighted by Gasteiger charge is -2.23. The van der Waals surface area contributed by atoms with Gasteiger partial charge in [0.2, 0.25) is 0 Å². The molecule has 4 aromatic rings. The Morgan fingerprint density at radius 2 is 1.68 bits per heavy atom. The Labute approximate surface area is 222 Å². The zero-order valence-corrected chi connectivity index (χ0v) is 22.0. The number of amides is 1. The third-order valence-corrected chi connectivity index (χ3v) is 7.52. The van der Waals surface area contributed by atoms with Crippen LogP contribution in [0.5, 0.6) is 5.75 Å². The number of aryl methyl sites for hydroxylation is 2. The number of carbonyl (C=O) groups excluding carboxylic acids is 3. The standard InChI is InChI=1S/C29H24N2O6S/c1-15-5-11-20-22(13-15)38-29(30-20)31-24(17-6-8-18(9-7-17)28(35)37-4)23(26(33)27(31)34)25(32)19-10-12-21(36-3)16(2)14-19/h5-14,24,32H,1-4H3. The Morgan fingerprint density at radius 1 is 0.974 bits per heavy atom. The Bertz CT molecular complexity index is 1640. The number of aliphatic hydroxyl groups excluding tert-OH is 1. The van der Waals surface area contributed by atoms with Crippen LogP contribution in [-0.4, -0.2) is 42.0 Å². The van der Waals surface area contributed by atoms with Gasteiger partial charge < -0.3 is 14.6 Å². The number of hydrogen-bond donors (Lipinski definition) is 1. The summed E-state index contributed by atoms with van der Waals surface area (Å²) in [5.74, 6) is -1.82. The number of methoxy groups -OCH3 is 2. The molecule has 1 N–H and O–H groups in total. The first-order valence-corrected chi connectivity index (χ1v) is 12.6. The molecule has 0 radical (unpaired) electrons. The number of ketones is 1. The Morgan fingerprint density at radius 3 is 2.34 bits per heavy atom. The van der Waals surface area contributed by atoms with E-state index in [1.165, 1.54) is 23.3 Å². The molecular weight excluding hydrogens is 504 g/mol. The molecule has 3 aromatic carbocycles. The Kier molecular flexibility index (Phi) is 6.46. The van der Waals surface area contributed by atoms with Crippen molar-refractivity contribution in [3.05, 3.63) is 94.1 Å². The van der Waals surface area contributed by atoms with Crippen molar-refractivity contribution in [2.75, 3.05) is 19.1 Å². The highest BCUT2D eigenvalue weighted by molar-refractivity contribution is 7.22. The highest BCUT2D eigenvalue weighted by Crippen LogP contribution is 2.44. The minimum Gasteiger partial charge on any atom is -0.507 e. The number of aromatic nitrogens is 1. The number of anilines is 1. The number of benzene rings is 3. The maximum absolute atomic E-state index is 13.5. The molecule has 192 valence electrons. The summed E-state index contributed by atoms with van der Waals surface area (Å²) < 4.78 is 11.0. The maximum atomic E-state index is 13.5. The van der Waals surface area contributed by atoms with Crippen molar-refractivity contribution in [3.8, 4) is 5.75 Å². The summed E-state index contributed by atoms with van der Waals surface area (Å²) in [5.41, 5.74) is 3.64. The molecule has 1 unspecified atom stereocenters. The van der Waals surface area contributed by atoms with Gasteiger partial charge in [-0.05, 0) is 73.0 Å². The van der Waals surface area contributed by atoms with Crippen molar-refractivity contribution in [3.63, 3.8) is 0 Å². The van der Waals surface area contributed by atoms with Crippen molar-refractivity contribution in [1.29, 1.82) is 0 Å². The SMILES string of the molecule is COC(=O)c1ccc(C2C(=C(O)c3ccc(OC)c(C)c3)C(=O)C(=O)N2c2nc3ccc(C)cc3s2)cc1. The van der Waals surface area contributed by atoms with Gasteiger partial charge in [0.15, 0.2) is 5.13 Å². The van der Waals surface area contributed by atoms with E-state index in [-0.39, 0.29) is 11.3 Å². The maximum Gasteiger partial charge on any atom is 0.337 e. The predicted molar refractivity (Wildman–Crippen MR) is 145 cm³/mol. The van der Waals surface area contributed by atoms with Crippen LogP contribution in [0.2, 0.25) is 0 Å². The second-order valence-electron chi connectivity index (χ2n) is 8.93. The average molecular weight is 529 g/mol. The largest absolute Gasteiger partial charge is 0.507 e. The Hall–Kier alpha value is -4.50. The summed E-state index contributed by atoms with van der Waals surface area (Å²) in [4.78, 5) is 44.9. The van der Waals surface area contributed by atoms with Crippen molar-refractivity contribution in [1.82, 2.24) is 4.98 Å². The van der Waals surface area contributed by atoms with Crippen LogP contribution in [0.15, 0.2) is 66.2 Å². The highest BCUT2D eigenvalue weighted by Gasteiger charge is 2.48. The molecule has 0 spiro atoms. The van der Waals surface area contributed by atoms with E-state index in [9.17, 15) is 19.5 Å². The summed E-state index contributed by atoms with van der Waals surface area (Å²) in [7, 11) is 2.84. The highest BCUT2D eigenvalue weighted by atomic mass is 32.1. The van der Waals surface area contributed by atoms with Crippen LogP contribution >= 0.6 is 11.3 Å². The molecule has 8 nitrogen and oxygen atoms in total. The number of Topliss-reactive ketones (excluding diaryl/α,β-unsaturated/α-hetero) is 1. The first-order valence-electron chi connectivity index (χ1n) is 11.7. The van der Waals surface area contributed by atoms with Crippen LogP contribution in [0.25, 0.3) is 16.0 Å². The normalized spacial score (nSPS) is 16.7. The van der Waals surface area contributed by atoms with Crippen LogP contribution in [0, 0.1) is 13.8 Å². The van der Waals surface area contributed by atoms with E-state index in [0.717, 1.165) is 15.8 Å². The number of nitrogens with zero attached hydrogens (tertiary/aromatic N) is 2. The van der Waals surface area contributed by atoms with Gasteiger partial charge in [0.05, 0.1) is 41.6 Å². The fraction of sp³-hybridized carbons (Fsp3) is 0.172. The van der Waals surface area contributed by atoms with Gasteiger partial charge in [-0.3, -0.25) is 14.5 Å². The number of hydrogen-bond acceptors (Lipinski definition) is 8. The monoisotopic (exact) mass is 528 g/mol. The zero-order chi connectivity index (χ0) is 27.1. The van der Waals surface area contributed by atoms with Crippen molar-refractivity contribution < 1.29 is 29.0 Å². The molecule has 0 aliphatic carbocycles. The number of rotatable bonds is 5. The topological polar surface area (TPSA) is 106 Å². The molecule has 5 rings (SSSR count). The first-order chi connectivity index (χ1) is 18.2.